The summed E-state index contributed by atoms with van der Waals surface area (Å²) in [7, 11) is 0. The highest BCUT2D eigenvalue weighted by Crippen LogP contribution is 2.22. The van der Waals surface area contributed by atoms with Crippen molar-refractivity contribution in [2.45, 2.75) is 6.92 Å². The van der Waals surface area contributed by atoms with E-state index in [2.05, 4.69) is 5.32 Å². The summed E-state index contributed by atoms with van der Waals surface area (Å²) < 4.78 is 18.2. The summed E-state index contributed by atoms with van der Waals surface area (Å²) in [6.07, 6.45) is 0. The summed E-state index contributed by atoms with van der Waals surface area (Å²) in [5.74, 6) is -0.200. The second-order valence-corrected chi connectivity index (χ2v) is 4.68. The zero-order valence-electron chi connectivity index (χ0n) is 10.8. The summed E-state index contributed by atoms with van der Waals surface area (Å²) in [6.45, 7) is 1.79. The highest BCUT2D eigenvalue weighted by Gasteiger charge is 2.07. The molecular formula is C15H13ClFNO2. The number of anilines is 1. The molecule has 2 aromatic rings. The number of nitrogens with one attached hydrogen (secondary N) is 1. The summed E-state index contributed by atoms with van der Waals surface area (Å²) >= 11 is 5.82. The van der Waals surface area contributed by atoms with Gasteiger partial charge in [-0.3, -0.25) is 4.79 Å². The highest BCUT2D eigenvalue weighted by atomic mass is 35.5. The van der Waals surface area contributed by atoms with E-state index in [4.69, 9.17) is 16.3 Å². The van der Waals surface area contributed by atoms with Crippen molar-refractivity contribution in [2.24, 2.45) is 0 Å². The largest absolute Gasteiger partial charge is 0.484 e. The van der Waals surface area contributed by atoms with E-state index in [1.165, 1.54) is 12.1 Å². The zero-order chi connectivity index (χ0) is 14.5. The Kier molecular flexibility index (Phi) is 4.58. The first-order chi connectivity index (χ1) is 9.54. The van der Waals surface area contributed by atoms with E-state index >= 15 is 0 Å². The van der Waals surface area contributed by atoms with Crippen molar-refractivity contribution in [3.63, 3.8) is 0 Å². The van der Waals surface area contributed by atoms with E-state index in [9.17, 15) is 9.18 Å². The minimum absolute atomic E-state index is 0.142. The first-order valence-electron chi connectivity index (χ1n) is 5.99. The van der Waals surface area contributed by atoms with Crippen LogP contribution in [0.1, 0.15) is 5.56 Å². The van der Waals surface area contributed by atoms with E-state index in [-0.39, 0.29) is 17.5 Å². The van der Waals surface area contributed by atoms with Crippen LogP contribution in [0, 0.1) is 12.7 Å². The normalized spacial score (nSPS) is 10.2. The Morgan fingerprint density at radius 1 is 1.30 bits per heavy atom. The first-order valence-corrected chi connectivity index (χ1v) is 6.37. The second kappa shape index (κ2) is 6.39. The van der Waals surface area contributed by atoms with Crippen LogP contribution in [-0.4, -0.2) is 12.5 Å². The van der Waals surface area contributed by atoms with E-state index in [1.807, 2.05) is 25.1 Å². The number of amides is 1. The molecule has 0 aromatic heterocycles. The number of ether oxygens (including phenoxy) is 1. The standard InChI is InChI=1S/C15H13ClFNO2/c1-10-3-2-4-12(7-10)20-9-15(19)18-14-6-5-11(17)8-13(14)16/h2-8H,9H2,1H3,(H,18,19). The van der Waals surface area contributed by atoms with Crippen LogP contribution >= 0.6 is 11.6 Å². The molecule has 5 heteroatoms. The maximum atomic E-state index is 12.9. The summed E-state index contributed by atoms with van der Waals surface area (Å²) in [4.78, 5) is 11.7. The molecule has 0 radical (unpaired) electrons. The van der Waals surface area contributed by atoms with Crippen LogP contribution in [0.15, 0.2) is 42.5 Å². The predicted molar refractivity (Wildman–Crippen MR) is 76.7 cm³/mol. The van der Waals surface area contributed by atoms with Gasteiger partial charge in [0.1, 0.15) is 11.6 Å². The third-order valence-electron chi connectivity index (χ3n) is 2.56. The molecule has 0 atom stereocenters. The molecule has 0 heterocycles. The molecule has 20 heavy (non-hydrogen) atoms. The number of carbonyl (C=O) groups excluding carboxylic acids is 1. The van der Waals surface area contributed by atoms with Gasteiger partial charge in [0, 0.05) is 0 Å². The molecule has 0 bridgehead atoms. The lowest BCUT2D eigenvalue weighted by atomic mass is 10.2. The third-order valence-corrected chi connectivity index (χ3v) is 2.88. The zero-order valence-corrected chi connectivity index (χ0v) is 11.6. The summed E-state index contributed by atoms with van der Waals surface area (Å²) in [5, 5.41) is 2.71. The van der Waals surface area contributed by atoms with Crippen LogP contribution in [0.25, 0.3) is 0 Å². The van der Waals surface area contributed by atoms with Crippen molar-refractivity contribution in [1.82, 2.24) is 0 Å². The number of hydrogen-bond acceptors (Lipinski definition) is 2. The van der Waals surface area contributed by atoms with Gasteiger partial charge in [0.15, 0.2) is 6.61 Å². The van der Waals surface area contributed by atoms with Crippen LogP contribution < -0.4 is 10.1 Å². The molecule has 0 saturated heterocycles. The van der Waals surface area contributed by atoms with Gasteiger partial charge in [0.2, 0.25) is 0 Å². The van der Waals surface area contributed by atoms with Gasteiger partial charge < -0.3 is 10.1 Å². The molecule has 0 fully saturated rings. The number of halogens is 2. The van der Waals surface area contributed by atoms with Crippen LogP contribution in [0.5, 0.6) is 5.75 Å². The lowest BCUT2D eigenvalue weighted by molar-refractivity contribution is -0.118. The minimum atomic E-state index is -0.455. The number of hydrogen-bond donors (Lipinski definition) is 1. The molecule has 1 amide bonds. The van der Waals surface area contributed by atoms with E-state index in [1.54, 1.807) is 6.07 Å². The van der Waals surface area contributed by atoms with Gasteiger partial charge in [-0.25, -0.2) is 4.39 Å². The predicted octanol–water partition coefficient (Wildman–Crippen LogP) is 3.81. The number of carbonyl (C=O) groups is 1. The van der Waals surface area contributed by atoms with Gasteiger partial charge in [-0.15, -0.1) is 0 Å². The van der Waals surface area contributed by atoms with Gasteiger partial charge in [-0.05, 0) is 42.8 Å². The van der Waals surface area contributed by atoms with Crippen LogP contribution in [0.2, 0.25) is 5.02 Å². The maximum Gasteiger partial charge on any atom is 0.262 e. The van der Waals surface area contributed by atoms with Crippen LogP contribution in [0.4, 0.5) is 10.1 Å². The number of aryl methyl sites for hydroxylation is 1. The van der Waals surface area contributed by atoms with Gasteiger partial charge in [-0.2, -0.15) is 0 Å². The topological polar surface area (TPSA) is 38.3 Å². The third kappa shape index (κ3) is 3.96. The fourth-order valence-corrected chi connectivity index (χ4v) is 1.85. The molecule has 0 saturated carbocycles. The van der Waals surface area contributed by atoms with Gasteiger partial charge in [-0.1, -0.05) is 23.7 Å². The molecule has 0 aliphatic heterocycles. The lowest BCUT2D eigenvalue weighted by Gasteiger charge is -2.09. The van der Waals surface area contributed by atoms with Crippen molar-refractivity contribution in [3.05, 3.63) is 58.9 Å². The van der Waals surface area contributed by atoms with Gasteiger partial charge in [0.25, 0.3) is 5.91 Å². The fourth-order valence-electron chi connectivity index (χ4n) is 1.63. The Bertz CT molecular complexity index is 631. The summed E-state index contributed by atoms with van der Waals surface area (Å²) in [6, 6.07) is 11.2. The average Bonchev–Trinajstić information content (AvgIpc) is 2.40. The molecule has 3 nitrogen and oxygen atoms in total. The molecule has 1 N–H and O–H groups in total. The molecule has 0 aliphatic rings. The average molecular weight is 294 g/mol. The monoisotopic (exact) mass is 293 g/mol. The Labute approximate surface area is 121 Å². The van der Waals surface area contributed by atoms with Crippen molar-refractivity contribution < 1.29 is 13.9 Å². The Morgan fingerprint density at radius 3 is 2.80 bits per heavy atom. The quantitative estimate of drug-likeness (QED) is 0.931. The molecule has 0 spiro atoms. The van der Waals surface area contributed by atoms with Crippen molar-refractivity contribution in [2.75, 3.05) is 11.9 Å². The Morgan fingerprint density at radius 2 is 2.10 bits per heavy atom. The molecule has 2 rings (SSSR count). The Balaban J connectivity index is 1.92. The van der Waals surface area contributed by atoms with Crippen molar-refractivity contribution in [1.29, 1.82) is 0 Å². The fraction of sp³-hybridized carbons (Fsp3) is 0.133. The van der Waals surface area contributed by atoms with Crippen LogP contribution in [0.3, 0.4) is 0 Å². The number of rotatable bonds is 4. The van der Waals surface area contributed by atoms with Gasteiger partial charge >= 0.3 is 0 Å². The maximum absolute atomic E-state index is 12.9. The molecular weight excluding hydrogens is 281 g/mol. The Hall–Kier alpha value is -2.07. The van der Waals surface area contributed by atoms with Crippen LogP contribution in [-0.2, 0) is 4.79 Å². The van der Waals surface area contributed by atoms with Crippen molar-refractivity contribution in [3.8, 4) is 5.75 Å². The summed E-state index contributed by atoms with van der Waals surface area (Å²) in [5.41, 5.74) is 1.40. The van der Waals surface area contributed by atoms with E-state index in [0.29, 0.717) is 11.4 Å². The number of benzene rings is 2. The second-order valence-electron chi connectivity index (χ2n) is 4.28. The van der Waals surface area contributed by atoms with E-state index in [0.717, 1.165) is 11.6 Å². The molecule has 104 valence electrons. The molecule has 0 aliphatic carbocycles. The van der Waals surface area contributed by atoms with Crippen molar-refractivity contribution >= 4 is 23.2 Å². The SMILES string of the molecule is Cc1cccc(OCC(=O)Nc2ccc(F)cc2Cl)c1. The molecule has 0 unspecified atom stereocenters. The van der Waals surface area contributed by atoms with E-state index < -0.39 is 5.82 Å². The molecule has 2 aromatic carbocycles. The smallest absolute Gasteiger partial charge is 0.262 e. The minimum Gasteiger partial charge on any atom is -0.484 e. The lowest BCUT2D eigenvalue weighted by Crippen LogP contribution is -2.20. The first kappa shape index (κ1) is 14.3. The van der Waals surface area contributed by atoms with Gasteiger partial charge in [0.05, 0.1) is 10.7 Å². The highest BCUT2D eigenvalue weighted by molar-refractivity contribution is 6.33.